The highest BCUT2D eigenvalue weighted by atomic mass is 16.5. The fraction of sp³-hybridized carbons (Fsp3) is 0.455. The summed E-state index contributed by atoms with van der Waals surface area (Å²) < 4.78 is 4.82. The van der Waals surface area contributed by atoms with E-state index in [4.69, 9.17) is 9.84 Å². The lowest BCUT2D eigenvalue weighted by molar-refractivity contribution is -0.147. The minimum atomic E-state index is -1.32. The van der Waals surface area contributed by atoms with Crippen LogP contribution in [0.4, 0.5) is 0 Å². The van der Waals surface area contributed by atoms with Crippen molar-refractivity contribution in [1.29, 1.82) is 0 Å². The lowest BCUT2D eigenvalue weighted by Gasteiger charge is -2.31. The molecule has 0 aliphatic heterocycles. The fourth-order valence-electron chi connectivity index (χ4n) is 1.11. The summed E-state index contributed by atoms with van der Waals surface area (Å²) >= 11 is 0. The number of carboxylic acids is 1. The molecule has 1 rings (SSSR count). The smallest absolute Gasteiger partial charge is 0.329 e. The van der Waals surface area contributed by atoms with Crippen LogP contribution in [0.5, 0.6) is 5.88 Å². The van der Waals surface area contributed by atoms with Crippen molar-refractivity contribution in [3.8, 4) is 5.88 Å². The number of carbonyl (C=O) groups is 2. The molecule has 98 valence electrons. The zero-order valence-electron chi connectivity index (χ0n) is 10.7. The maximum Gasteiger partial charge on any atom is 0.329 e. The van der Waals surface area contributed by atoms with E-state index in [2.05, 4.69) is 10.2 Å². The van der Waals surface area contributed by atoms with Gasteiger partial charge in [-0.1, -0.05) is 0 Å². The van der Waals surface area contributed by atoms with Crippen LogP contribution in [0.1, 0.15) is 24.3 Å². The summed E-state index contributed by atoms with van der Waals surface area (Å²) in [6, 6.07) is 2.92. The van der Waals surface area contributed by atoms with Crippen molar-refractivity contribution in [1.82, 2.24) is 15.1 Å². The molecule has 0 fully saturated rings. The third kappa shape index (κ3) is 2.55. The van der Waals surface area contributed by atoms with Crippen LogP contribution in [0.3, 0.4) is 0 Å². The van der Waals surface area contributed by atoms with Gasteiger partial charge in [-0.05, 0) is 19.9 Å². The van der Waals surface area contributed by atoms with E-state index < -0.39 is 17.4 Å². The van der Waals surface area contributed by atoms with Crippen LogP contribution in [-0.2, 0) is 4.79 Å². The molecule has 0 aromatic carbocycles. The Labute approximate surface area is 104 Å². The lowest BCUT2D eigenvalue weighted by Crippen LogP contribution is -2.51. The van der Waals surface area contributed by atoms with Crippen LogP contribution < -0.4 is 4.74 Å². The number of likely N-dealkylation sites (N-methyl/N-ethyl adjacent to an activating group) is 1. The molecular formula is C11H15N3O4. The molecule has 1 aromatic rings. The predicted molar refractivity (Wildman–Crippen MR) is 62.4 cm³/mol. The Morgan fingerprint density at radius 3 is 2.33 bits per heavy atom. The molecule has 1 aromatic heterocycles. The lowest BCUT2D eigenvalue weighted by atomic mass is 10.0. The van der Waals surface area contributed by atoms with Crippen LogP contribution >= 0.6 is 0 Å². The Bertz CT molecular complexity index is 456. The van der Waals surface area contributed by atoms with Gasteiger partial charge >= 0.3 is 5.97 Å². The van der Waals surface area contributed by atoms with Crippen molar-refractivity contribution in [3.63, 3.8) is 0 Å². The zero-order valence-corrected chi connectivity index (χ0v) is 10.7. The first kappa shape index (κ1) is 13.9. The molecule has 0 aliphatic rings. The van der Waals surface area contributed by atoms with Crippen molar-refractivity contribution in [2.24, 2.45) is 0 Å². The SMILES string of the molecule is COc1ccc(C(=O)N(C)C(C)(C)C(=O)O)nn1. The topological polar surface area (TPSA) is 92.6 Å². The van der Waals surface area contributed by atoms with Gasteiger partial charge in [0.15, 0.2) is 5.69 Å². The second kappa shape index (κ2) is 4.99. The molecule has 1 amide bonds. The number of methoxy groups -OCH3 is 1. The van der Waals surface area contributed by atoms with E-state index in [1.165, 1.54) is 40.1 Å². The van der Waals surface area contributed by atoms with Gasteiger partial charge < -0.3 is 14.7 Å². The number of nitrogens with zero attached hydrogens (tertiary/aromatic N) is 3. The van der Waals surface area contributed by atoms with Crippen LogP contribution in [0, 0.1) is 0 Å². The number of amides is 1. The highest BCUT2D eigenvalue weighted by molar-refractivity contribution is 5.95. The summed E-state index contributed by atoms with van der Waals surface area (Å²) in [7, 11) is 2.84. The fourth-order valence-corrected chi connectivity index (χ4v) is 1.11. The molecule has 0 bridgehead atoms. The van der Waals surface area contributed by atoms with Gasteiger partial charge in [0.2, 0.25) is 5.88 Å². The van der Waals surface area contributed by atoms with Crippen LogP contribution in [-0.4, -0.2) is 51.8 Å². The Hall–Kier alpha value is -2.18. The molecule has 0 unspecified atom stereocenters. The number of aliphatic carboxylic acids is 1. The van der Waals surface area contributed by atoms with Crippen molar-refractivity contribution < 1.29 is 19.4 Å². The molecule has 7 nitrogen and oxygen atoms in total. The minimum absolute atomic E-state index is 0.0626. The molecule has 7 heteroatoms. The highest BCUT2D eigenvalue weighted by Crippen LogP contribution is 2.15. The molecule has 0 saturated heterocycles. The third-order valence-electron chi connectivity index (χ3n) is 2.73. The van der Waals surface area contributed by atoms with Gasteiger partial charge in [0, 0.05) is 13.1 Å². The second-order valence-electron chi connectivity index (χ2n) is 4.19. The Morgan fingerprint density at radius 1 is 1.33 bits per heavy atom. The van der Waals surface area contributed by atoms with E-state index in [1.807, 2.05) is 0 Å². The first-order chi connectivity index (χ1) is 8.30. The summed E-state index contributed by atoms with van der Waals surface area (Å²) in [4.78, 5) is 24.2. The van der Waals surface area contributed by atoms with Crippen molar-refractivity contribution >= 4 is 11.9 Å². The summed E-state index contributed by atoms with van der Waals surface area (Å²) in [6.45, 7) is 2.87. The van der Waals surface area contributed by atoms with Crippen molar-refractivity contribution in [2.45, 2.75) is 19.4 Å². The predicted octanol–water partition coefficient (Wildman–Crippen LogP) is 0.420. The van der Waals surface area contributed by atoms with E-state index in [-0.39, 0.29) is 11.6 Å². The Kier molecular flexibility index (Phi) is 3.85. The molecule has 0 saturated carbocycles. The zero-order chi connectivity index (χ0) is 13.9. The standard InChI is InChI=1S/C11H15N3O4/c1-11(2,10(16)17)14(3)9(15)7-5-6-8(18-4)13-12-7/h5-6H,1-4H3,(H,16,17). The maximum absolute atomic E-state index is 12.0. The molecule has 0 radical (unpaired) electrons. The normalized spacial score (nSPS) is 10.9. The molecule has 1 heterocycles. The van der Waals surface area contributed by atoms with Crippen LogP contribution in [0.25, 0.3) is 0 Å². The van der Waals surface area contributed by atoms with E-state index in [0.717, 1.165) is 4.90 Å². The van der Waals surface area contributed by atoms with E-state index in [0.29, 0.717) is 0 Å². The van der Waals surface area contributed by atoms with Gasteiger partial charge in [-0.15, -0.1) is 10.2 Å². The van der Waals surface area contributed by atoms with Gasteiger partial charge in [0.1, 0.15) is 5.54 Å². The van der Waals surface area contributed by atoms with E-state index in [1.54, 1.807) is 0 Å². The maximum atomic E-state index is 12.0. The average molecular weight is 253 g/mol. The quantitative estimate of drug-likeness (QED) is 0.836. The first-order valence-corrected chi connectivity index (χ1v) is 5.20. The highest BCUT2D eigenvalue weighted by Gasteiger charge is 2.36. The molecule has 1 N–H and O–H groups in total. The second-order valence-corrected chi connectivity index (χ2v) is 4.19. The van der Waals surface area contributed by atoms with Crippen molar-refractivity contribution in [2.75, 3.05) is 14.2 Å². The molecule has 0 aliphatic carbocycles. The van der Waals surface area contributed by atoms with Gasteiger partial charge in [0.25, 0.3) is 5.91 Å². The average Bonchev–Trinajstić information content (AvgIpc) is 2.36. The Balaban J connectivity index is 2.96. The molecular weight excluding hydrogens is 238 g/mol. The van der Waals surface area contributed by atoms with Gasteiger partial charge in [-0.3, -0.25) is 4.79 Å². The number of ether oxygens (including phenoxy) is 1. The number of hydrogen-bond donors (Lipinski definition) is 1. The van der Waals surface area contributed by atoms with E-state index in [9.17, 15) is 9.59 Å². The first-order valence-electron chi connectivity index (χ1n) is 5.20. The summed E-state index contributed by atoms with van der Waals surface area (Å²) in [5.74, 6) is -1.33. The molecule has 0 spiro atoms. The third-order valence-corrected chi connectivity index (χ3v) is 2.73. The number of rotatable bonds is 4. The van der Waals surface area contributed by atoms with Gasteiger partial charge in [-0.25, -0.2) is 4.79 Å². The molecule has 0 atom stereocenters. The largest absolute Gasteiger partial charge is 0.480 e. The summed E-state index contributed by atoms with van der Waals surface area (Å²) in [5.41, 5.74) is -1.26. The number of aromatic nitrogens is 2. The monoisotopic (exact) mass is 253 g/mol. The van der Waals surface area contributed by atoms with Gasteiger partial charge in [0.05, 0.1) is 7.11 Å². The number of carbonyl (C=O) groups excluding carboxylic acids is 1. The van der Waals surface area contributed by atoms with Crippen molar-refractivity contribution in [3.05, 3.63) is 17.8 Å². The number of carboxylic acid groups (broad SMARTS) is 1. The Morgan fingerprint density at radius 2 is 1.94 bits per heavy atom. The van der Waals surface area contributed by atoms with Crippen LogP contribution in [0.2, 0.25) is 0 Å². The summed E-state index contributed by atoms with van der Waals surface area (Å²) in [5, 5.41) is 16.4. The molecule has 18 heavy (non-hydrogen) atoms. The minimum Gasteiger partial charge on any atom is -0.480 e. The number of hydrogen-bond acceptors (Lipinski definition) is 5. The van der Waals surface area contributed by atoms with Crippen LogP contribution in [0.15, 0.2) is 12.1 Å². The summed E-state index contributed by atoms with van der Waals surface area (Å²) in [6.07, 6.45) is 0. The van der Waals surface area contributed by atoms with Gasteiger partial charge in [-0.2, -0.15) is 0 Å². The van der Waals surface area contributed by atoms with E-state index >= 15 is 0 Å².